The Labute approximate surface area is 92.6 Å². The molecule has 0 saturated heterocycles. The molecule has 14 heavy (non-hydrogen) atoms. The minimum Gasteiger partial charge on any atom is -0.258 e. The lowest BCUT2D eigenvalue weighted by Gasteiger charge is -1.96. The maximum Gasteiger partial charge on any atom is 0.325 e. The molecule has 2 rings (SSSR count). The first-order chi connectivity index (χ1) is 6.59. The standard InChI is InChI=1S/C9H6BrNO2S/c1-5-2-3-7-6(9(5)10)4-8(14-7)11(12)13/h2-4H,1H3. The van der Waals surface area contributed by atoms with Gasteiger partial charge in [-0.15, -0.1) is 0 Å². The van der Waals surface area contributed by atoms with Gasteiger partial charge in [0.15, 0.2) is 0 Å². The van der Waals surface area contributed by atoms with Gasteiger partial charge in [0.2, 0.25) is 0 Å². The molecule has 0 spiro atoms. The van der Waals surface area contributed by atoms with Crippen LogP contribution >= 0.6 is 27.3 Å². The van der Waals surface area contributed by atoms with Gasteiger partial charge >= 0.3 is 5.00 Å². The molecular weight excluding hydrogens is 266 g/mol. The second-order valence-electron chi connectivity index (χ2n) is 2.95. The summed E-state index contributed by atoms with van der Waals surface area (Å²) in [6.07, 6.45) is 0. The van der Waals surface area contributed by atoms with E-state index in [1.807, 2.05) is 19.1 Å². The van der Waals surface area contributed by atoms with Gasteiger partial charge in [-0.1, -0.05) is 17.4 Å². The van der Waals surface area contributed by atoms with Gasteiger partial charge in [-0.05, 0) is 34.5 Å². The van der Waals surface area contributed by atoms with Crippen LogP contribution in [0.3, 0.4) is 0 Å². The first-order valence-corrected chi connectivity index (χ1v) is 5.53. The van der Waals surface area contributed by atoms with Crippen molar-refractivity contribution in [1.29, 1.82) is 0 Å². The zero-order valence-corrected chi connectivity index (χ0v) is 9.68. The van der Waals surface area contributed by atoms with E-state index >= 15 is 0 Å². The topological polar surface area (TPSA) is 43.1 Å². The molecule has 0 aliphatic rings. The van der Waals surface area contributed by atoms with Crippen molar-refractivity contribution in [2.24, 2.45) is 0 Å². The van der Waals surface area contributed by atoms with Crippen LogP contribution in [0, 0.1) is 17.0 Å². The summed E-state index contributed by atoms with van der Waals surface area (Å²) in [5.74, 6) is 0. The van der Waals surface area contributed by atoms with E-state index in [0.29, 0.717) is 0 Å². The number of aryl methyl sites for hydroxylation is 1. The van der Waals surface area contributed by atoms with Crippen LogP contribution in [-0.4, -0.2) is 4.92 Å². The molecule has 3 nitrogen and oxygen atoms in total. The molecule has 0 saturated carbocycles. The largest absolute Gasteiger partial charge is 0.325 e. The van der Waals surface area contributed by atoms with Crippen molar-refractivity contribution in [2.75, 3.05) is 0 Å². The molecular formula is C9H6BrNO2S. The van der Waals surface area contributed by atoms with Crippen LogP contribution in [0.15, 0.2) is 22.7 Å². The second kappa shape index (κ2) is 3.33. The fraction of sp³-hybridized carbons (Fsp3) is 0.111. The average molecular weight is 272 g/mol. The van der Waals surface area contributed by atoms with Gasteiger partial charge < -0.3 is 0 Å². The van der Waals surface area contributed by atoms with Gasteiger partial charge in [-0.2, -0.15) is 0 Å². The van der Waals surface area contributed by atoms with Crippen LogP contribution < -0.4 is 0 Å². The Morgan fingerprint density at radius 3 is 2.86 bits per heavy atom. The van der Waals surface area contributed by atoms with Gasteiger partial charge in [0.05, 0.1) is 4.92 Å². The van der Waals surface area contributed by atoms with E-state index in [1.165, 1.54) is 11.3 Å². The number of nitro groups is 1. The minimum absolute atomic E-state index is 0.186. The van der Waals surface area contributed by atoms with E-state index in [-0.39, 0.29) is 9.92 Å². The zero-order valence-electron chi connectivity index (χ0n) is 7.28. The molecule has 0 amide bonds. The first-order valence-electron chi connectivity index (χ1n) is 3.92. The lowest BCUT2D eigenvalue weighted by atomic mass is 10.2. The lowest BCUT2D eigenvalue weighted by molar-refractivity contribution is -0.380. The maximum atomic E-state index is 10.6. The van der Waals surface area contributed by atoms with E-state index in [0.717, 1.165) is 20.1 Å². The average Bonchev–Trinajstić information content (AvgIpc) is 2.56. The van der Waals surface area contributed by atoms with Crippen molar-refractivity contribution < 1.29 is 4.92 Å². The second-order valence-corrected chi connectivity index (χ2v) is 4.81. The SMILES string of the molecule is Cc1ccc2sc([N+](=O)[O-])cc2c1Br. The van der Waals surface area contributed by atoms with Crippen LogP contribution in [0.5, 0.6) is 0 Å². The van der Waals surface area contributed by atoms with Crippen LogP contribution in [0.2, 0.25) is 0 Å². The molecule has 2 aromatic rings. The first kappa shape index (κ1) is 9.61. The van der Waals surface area contributed by atoms with Gasteiger partial charge in [0.25, 0.3) is 0 Å². The summed E-state index contributed by atoms with van der Waals surface area (Å²) in [7, 11) is 0. The summed E-state index contributed by atoms with van der Waals surface area (Å²) in [4.78, 5) is 10.2. The summed E-state index contributed by atoms with van der Waals surface area (Å²) < 4.78 is 1.88. The number of benzene rings is 1. The van der Waals surface area contributed by atoms with Crippen molar-refractivity contribution in [2.45, 2.75) is 6.92 Å². The molecule has 1 heterocycles. The summed E-state index contributed by atoms with van der Waals surface area (Å²) in [5, 5.41) is 11.7. The van der Waals surface area contributed by atoms with E-state index in [4.69, 9.17) is 0 Å². The van der Waals surface area contributed by atoms with Gasteiger partial charge in [-0.3, -0.25) is 10.1 Å². The molecule has 0 aliphatic heterocycles. The van der Waals surface area contributed by atoms with Crippen LogP contribution in [0.1, 0.15) is 5.56 Å². The molecule has 0 atom stereocenters. The molecule has 0 N–H and O–H groups in total. The number of rotatable bonds is 1. The van der Waals surface area contributed by atoms with E-state index < -0.39 is 0 Å². The molecule has 0 radical (unpaired) electrons. The monoisotopic (exact) mass is 271 g/mol. The Morgan fingerprint density at radius 1 is 1.50 bits per heavy atom. The van der Waals surface area contributed by atoms with Crippen molar-refractivity contribution in [3.8, 4) is 0 Å². The zero-order chi connectivity index (χ0) is 10.3. The molecule has 1 aromatic heterocycles. The molecule has 0 bridgehead atoms. The summed E-state index contributed by atoms with van der Waals surface area (Å²) in [5.41, 5.74) is 1.09. The highest BCUT2D eigenvalue weighted by Crippen LogP contribution is 2.36. The summed E-state index contributed by atoms with van der Waals surface area (Å²) in [6.45, 7) is 1.97. The lowest BCUT2D eigenvalue weighted by Crippen LogP contribution is -1.80. The van der Waals surface area contributed by atoms with E-state index in [2.05, 4.69) is 15.9 Å². The number of thiophene rings is 1. The van der Waals surface area contributed by atoms with Gasteiger partial charge in [-0.25, -0.2) is 0 Å². The Bertz CT molecular complexity index is 521. The van der Waals surface area contributed by atoms with Crippen molar-refractivity contribution in [3.05, 3.63) is 38.3 Å². The fourth-order valence-electron chi connectivity index (χ4n) is 1.26. The number of halogens is 1. The number of hydrogen-bond donors (Lipinski definition) is 0. The Balaban J connectivity index is 2.77. The van der Waals surface area contributed by atoms with E-state index in [1.54, 1.807) is 6.07 Å². The molecule has 1 aromatic carbocycles. The van der Waals surface area contributed by atoms with Crippen molar-refractivity contribution >= 4 is 42.4 Å². The quantitative estimate of drug-likeness (QED) is 0.584. The van der Waals surface area contributed by atoms with Crippen LogP contribution in [-0.2, 0) is 0 Å². The summed E-state index contributed by atoms with van der Waals surface area (Å²) in [6, 6.07) is 5.47. The van der Waals surface area contributed by atoms with Crippen molar-refractivity contribution in [3.63, 3.8) is 0 Å². The number of hydrogen-bond acceptors (Lipinski definition) is 3. The molecule has 72 valence electrons. The van der Waals surface area contributed by atoms with Gasteiger partial charge in [0.1, 0.15) is 0 Å². The molecule has 0 aliphatic carbocycles. The van der Waals surface area contributed by atoms with Crippen LogP contribution in [0.4, 0.5) is 5.00 Å². The highest BCUT2D eigenvalue weighted by Gasteiger charge is 2.13. The molecule has 5 heteroatoms. The normalized spacial score (nSPS) is 10.7. The maximum absolute atomic E-state index is 10.6. The number of fused-ring (bicyclic) bond motifs is 1. The highest BCUT2D eigenvalue weighted by atomic mass is 79.9. The van der Waals surface area contributed by atoms with Gasteiger partial charge in [0, 0.05) is 20.6 Å². The predicted octanol–water partition coefficient (Wildman–Crippen LogP) is 3.88. The van der Waals surface area contributed by atoms with Crippen molar-refractivity contribution in [1.82, 2.24) is 0 Å². The fourth-order valence-corrected chi connectivity index (χ4v) is 2.74. The predicted molar refractivity (Wildman–Crippen MR) is 60.9 cm³/mol. The smallest absolute Gasteiger partial charge is 0.258 e. The molecule has 0 unspecified atom stereocenters. The highest BCUT2D eigenvalue weighted by molar-refractivity contribution is 9.10. The number of nitrogens with zero attached hydrogens (tertiary/aromatic N) is 1. The molecule has 0 fully saturated rings. The third-order valence-electron chi connectivity index (χ3n) is 2.00. The summed E-state index contributed by atoms with van der Waals surface area (Å²) >= 11 is 4.63. The third-order valence-corrected chi connectivity index (χ3v) is 4.10. The Hall–Kier alpha value is -0.940. The minimum atomic E-state index is -0.355. The van der Waals surface area contributed by atoms with E-state index in [9.17, 15) is 10.1 Å². The van der Waals surface area contributed by atoms with Crippen LogP contribution in [0.25, 0.3) is 10.1 Å². The Morgan fingerprint density at radius 2 is 2.21 bits per heavy atom. The third kappa shape index (κ3) is 1.42. The Kier molecular flexibility index (Phi) is 2.28.